The van der Waals surface area contributed by atoms with Crippen LogP contribution in [-0.4, -0.2) is 23.7 Å². The Bertz CT molecular complexity index is 837. The van der Waals surface area contributed by atoms with E-state index in [0.29, 0.717) is 17.1 Å². The van der Waals surface area contributed by atoms with Crippen LogP contribution in [0, 0.1) is 6.92 Å². The summed E-state index contributed by atoms with van der Waals surface area (Å²) in [5, 5.41) is 5.55. The zero-order chi connectivity index (χ0) is 18.0. The molecule has 1 atom stereocenters. The first kappa shape index (κ1) is 17.4. The molecule has 0 saturated carbocycles. The van der Waals surface area contributed by atoms with Gasteiger partial charge in [0.25, 0.3) is 17.4 Å². The van der Waals surface area contributed by atoms with Gasteiger partial charge in [-0.3, -0.25) is 9.59 Å². The minimum absolute atomic E-state index is 0.483. The summed E-state index contributed by atoms with van der Waals surface area (Å²) in [4.78, 5) is 25.2. The van der Waals surface area contributed by atoms with Gasteiger partial charge in [0.05, 0.1) is 5.69 Å². The van der Waals surface area contributed by atoms with Gasteiger partial charge in [-0.1, -0.05) is 18.2 Å². The molecule has 0 spiro atoms. The number of thioether (sulfide) groups is 1. The second kappa shape index (κ2) is 6.80. The highest BCUT2D eigenvalue weighted by atomic mass is 32.2. The van der Waals surface area contributed by atoms with E-state index in [9.17, 15) is 9.59 Å². The quantitative estimate of drug-likeness (QED) is 0.822. The summed E-state index contributed by atoms with van der Waals surface area (Å²) in [7, 11) is 0. The number of ether oxygens (including phenoxy) is 1. The van der Waals surface area contributed by atoms with Crippen molar-refractivity contribution in [2.24, 2.45) is 0 Å². The van der Waals surface area contributed by atoms with E-state index in [1.54, 1.807) is 23.9 Å². The Labute approximate surface area is 151 Å². The van der Waals surface area contributed by atoms with E-state index in [1.165, 1.54) is 6.92 Å². The lowest BCUT2D eigenvalue weighted by molar-refractivity contribution is -0.143. The third-order valence-electron chi connectivity index (χ3n) is 4.06. The minimum Gasteiger partial charge on any atom is -0.466 e. The van der Waals surface area contributed by atoms with E-state index in [0.717, 1.165) is 16.9 Å². The van der Waals surface area contributed by atoms with Crippen LogP contribution in [-0.2, 0) is 15.3 Å². The number of aryl methyl sites for hydroxylation is 1. The zero-order valence-electron chi connectivity index (χ0n) is 14.4. The Kier molecular flexibility index (Phi) is 4.72. The minimum atomic E-state index is -1.63. The Hall–Kier alpha value is -2.47. The second-order valence-electron chi connectivity index (χ2n) is 6.18. The maximum Gasteiger partial charge on any atom is 0.278 e. The molecule has 6 heteroatoms. The van der Waals surface area contributed by atoms with Gasteiger partial charge >= 0.3 is 0 Å². The van der Waals surface area contributed by atoms with Crippen molar-refractivity contribution >= 4 is 35.0 Å². The van der Waals surface area contributed by atoms with Crippen LogP contribution in [0.2, 0.25) is 0 Å². The SMILES string of the molecule is CSCc1cccc(NC(=O)C2(C)Oc3ccc(C)cc3NC2=O)c1. The summed E-state index contributed by atoms with van der Waals surface area (Å²) in [5.74, 6) is 0.352. The molecular weight excluding hydrogens is 336 g/mol. The van der Waals surface area contributed by atoms with Crippen molar-refractivity contribution in [1.29, 1.82) is 0 Å². The van der Waals surface area contributed by atoms with E-state index < -0.39 is 17.4 Å². The molecule has 25 heavy (non-hydrogen) atoms. The van der Waals surface area contributed by atoms with Crippen molar-refractivity contribution in [3.05, 3.63) is 53.6 Å². The number of hydrogen-bond donors (Lipinski definition) is 2. The van der Waals surface area contributed by atoms with E-state index in [2.05, 4.69) is 10.6 Å². The summed E-state index contributed by atoms with van der Waals surface area (Å²) in [6.45, 7) is 3.40. The van der Waals surface area contributed by atoms with Gasteiger partial charge in [-0.15, -0.1) is 0 Å². The number of carbonyl (C=O) groups is 2. The third kappa shape index (κ3) is 3.49. The monoisotopic (exact) mass is 356 g/mol. The smallest absolute Gasteiger partial charge is 0.278 e. The van der Waals surface area contributed by atoms with Gasteiger partial charge in [0, 0.05) is 11.4 Å². The van der Waals surface area contributed by atoms with Crippen molar-refractivity contribution in [3.63, 3.8) is 0 Å². The highest BCUT2D eigenvalue weighted by Crippen LogP contribution is 2.34. The standard InChI is InChI=1S/C19H20N2O3S/c1-12-7-8-16-15(9-12)21-18(23)19(2,24-16)17(22)20-14-6-4-5-13(10-14)11-25-3/h4-10H,11H2,1-3H3,(H,20,22)(H,21,23). The summed E-state index contributed by atoms with van der Waals surface area (Å²) in [5.41, 5.74) is 1.70. The van der Waals surface area contributed by atoms with Gasteiger partial charge in [-0.05, 0) is 55.5 Å². The van der Waals surface area contributed by atoms with Crippen LogP contribution < -0.4 is 15.4 Å². The van der Waals surface area contributed by atoms with E-state index in [4.69, 9.17) is 4.74 Å². The average molecular weight is 356 g/mol. The molecule has 2 N–H and O–H groups in total. The molecule has 0 aliphatic carbocycles. The number of fused-ring (bicyclic) bond motifs is 1. The first-order valence-electron chi connectivity index (χ1n) is 7.93. The summed E-state index contributed by atoms with van der Waals surface area (Å²) in [6, 6.07) is 13.0. The molecule has 1 aliphatic heterocycles. The molecule has 0 bridgehead atoms. The number of benzene rings is 2. The average Bonchev–Trinajstić information content (AvgIpc) is 2.57. The van der Waals surface area contributed by atoms with Gasteiger partial charge in [0.15, 0.2) is 0 Å². The third-order valence-corrected chi connectivity index (χ3v) is 4.68. The maximum atomic E-state index is 12.7. The van der Waals surface area contributed by atoms with Crippen LogP contribution in [0.15, 0.2) is 42.5 Å². The van der Waals surface area contributed by atoms with Crippen molar-refractivity contribution in [2.45, 2.75) is 25.2 Å². The molecule has 0 aromatic heterocycles. The largest absolute Gasteiger partial charge is 0.466 e. The molecule has 1 aliphatic rings. The zero-order valence-corrected chi connectivity index (χ0v) is 15.2. The first-order chi connectivity index (χ1) is 11.9. The number of hydrogen-bond acceptors (Lipinski definition) is 4. The number of amides is 2. The Morgan fingerprint density at radius 3 is 2.84 bits per heavy atom. The lowest BCUT2D eigenvalue weighted by atomic mass is 10.0. The number of carbonyl (C=O) groups excluding carboxylic acids is 2. The molecule has 2 aromatic rings. The van der Waals surface area contributed by atoms with Crippen molar-refractivity contribution in [2.75, 3.05) is 16.9 Å². The summed E-state index contributed by atoms with van der Waals surface area (Å²) >= 11 is 1.70. The lowest BCUT2D eigenvalue weighted by Gasteiger charge is -2.33. The van der Waals surface area contributed by atoms with Gasteiger partial charge in [0.2, 0.25) is 0 Å². The van der Waals surface area contributed by atoms with Crippen LogP contribution in [0.5, 0.6) is 5.75 Å². The Balaban J connectivity index is 1.82. The van der Waals surface area contributed by atoms with Crippen molar-refractivity contribution in [3.8, 4) is 5.75 Å². The Morgan fingerprint density at radius 1 is 1.28 bits per heavy atom. The van der Waals surface area contributed by atoms with Gasteiger partial charge < -0.3 is 15.4 Å². The number of nitrogens with one attached hydrogen (secondary N) is 2. The molecule has 0 fully saturated rings. The number of anilines is 2. The molecule has 5 nitrogen and oxygen atoms in total. The lowest BCUT2D eigenvalue weighted by Crippen LogP contribution is -2.56. The fourth-order valence-electron chi connectivity index (χ4n) is 2.64. The topological polar surface area (TPSA) is 67.4 Å². The van der Waals surface area contributed by atoms with Crippen LogP contribution in [0.4, 0.5) is 11.4 Å². The van der Waals surface area contributed by atoms with Crippen molar-refractivity contribution in [1.82, 2.24) is 0 Å². The molecule has 2 amide bonds. The predicted molar refractivity (Wildman–Crippen MR) is 101 cm³/mol. The summed E-state index contributed by atoms with van der Waals surface area (Å²) in [6.07, 6.45) is 2.02. The highest BCUT2D eigenvalue weighted by Gasteiger charge is 2.47. The summed E-state index contributed by atoms with van der Waals surface area (Å²) < 4.78 is 5.77. The van der Waals surface area contributed by atoms with E-state index >= 15 is 0 Å². The Morgan fingerprint density at radius 2 is 2.08 bits per heavy atom. The molecule has 0 saturated heterocycles. The normalized spacial score (nSPS) is 18.8. The fourth-order valence-corrected chi connectivity index (χ4v) is 3.16. The van der Waals surface area contributed by atoms with Gasteiger partial charge in [-0.2, -0.15) is 11.8 Å². The maximum absolute atomic E-state index is 12.7. The second-order valence-corrected chi connectivity index (χ2v) is 7.04. The fraction of sp³-hybridized carbons (Fsp3) is 0.263. The predicted octanol–water partition coefficient (Wildman–Crippen LogP) is 3.59. The van der Waals surface area contributed by atoms with Crippen LogP contribution in [0.1, 0.15) is 18.1 Å². The van der Waals surface area contributed by atoms with E-state index in [-0.39, 0.29) is 0 Å². The molecule has 0 radical (unpaired) electrons. The molecule has 2 aromatic carbocycles. The molecule has 1 unspecified atom stereocenters. The van der Waals surface area contributed by atoms with Crippen LogP contribution >= 0.6 is 11.8 Å². The van der Waals surface area contributed by atoms with E-state index in [1.807, 2.05) is 43.5 Å². The van der Waals surface area contributed by atoms with Gasteiger partial charge in [-0.25, -0.2) is 0 Å². The molecule has 3 rings (SSSR count). The first-order valence-corrected chi connectivity index (χ1v) is 9.32. The molecular formula is C19H20N2O3S. The highest BCUT2D eigenvalue weighted by molar-refractivity contribution is 7.97. The van der Waals surface area contributed by atoms with Crippen LogP contribution in [0.25, 0.3) is 0 Å². The van der Waals surface area contributed by atoms with Gasteiger partial charge in [0.1, 0.15) is 5.75 Å². The van der Waals surface area contributed by atoms with Crippen LogP contribution in [0.3, 0.4) is 0 Å². The number of rotatable bonds is 4. The molecule has 130 valence electrons. The van der Waals surface area contributed by atoms with Crippen molar-refractivity contribution < 1.29 is 14.3 Å². The molecule has 1 heterocycles.